The molecule has 0 saturated carbocycles. The van der Waals surface area contributed by atoms with Crippen molar-refractivity contribution in [1.82, 2.24) is 9.13 Å². The molecular weight excluding hydrogens is 833 g/mol. The molecule has 0 N–H and O–H groups in total. The molecule has 0 saturated heterocycles. The molecule has 0 aliphatic heterocycles. The largest absolute Gasteiger partial charge is 0.309 e. The fraction of sp³-hybridized carbons (Fsp3) is 0.0448. The summed E-state index contributed by atoms with van der Waals surface area (Å²) in [6.07, 6.45) is 8.90. The Morgan fingerprint density at radius 1 is 0.290 bits per heavy atom. The third-order valence-corrected chi connectivity index (χ3v) is 14.5. The average molecular weight is 881 g/mol. The monoisotopic (exact) mass is 880 g/mol. The van der Waals surface area contributed by atoms with Gasteiger partial charge < -0.3 is 9.13 Å². The van der Waals surface area contributed by atoms with Gasteiger partial charge >= 0.3 is 0 Å². The smallest absolute Gasteiger partial charge is 0.0541 e. The molecule has 2 heteroatoms. The molecule has 1 aliphatic rings. The lowest BCUT2D eigenvalue weighted by atomic mass is 9.81. The quantitative estimate of drug-likeness (QED) is 0.135. The first kappa shape index (κ1) is 40.5. The van der Waals surface area contributed by atoms with Gasteiger partial charge in [-0.1, -0.05) is 196 Å². The SMILES string of the molecule is CC1(C)c2cc(-c3ccc(C=Cc4ccc5c(c4)c4ccccc4n5-c4ccccc4)cc3)ccc2-c2ccc(-c3ccc(C=Cc4ccc5c(c4)c4ccccc4n5-c4ccccc4)cc3)cc21. The topological polar surface area (TPSA) is 9.86 Å². The summed E-state index contributed by atoms with van der Waals surface area (Å²) in [5.41, 5.74) is 22.2. The normalized spacial score (nSPS) is 13.1. The second kappa shape index (κ2) is 16.3. The Hall–Kier alpha value is -8.72. The minimum absolute atomic E-state index is 0.134. The van der Waals surface area contributed by atoms with Gasteiger partial charge in [0.15, 0.2) is 0 Å². The van der Waals surface area contributed by atoms with Crippen LogP contribution in [0.4, 0.5) is 0 Å². The Morgan fingerprint density at radius 3 is 1.07 bits per heavy atom. The van der Waals surface area contributed by atoms with Gasteiger partial charge in [0, 0.05) is 38.3 Å². The van der Waals surface area contributed by atoms with Gasteiger partial charge in [0.05, 0.1) is 22.1 Å². The van der Waals surface area contributed by atoms with Gasteiger partial charge in [-0.15, -0.1) is 0 Å². The van der Waals surface area contributed by atoms with E-state index in [0.717, 1.165) is 0 Å². The Labute approximate surface area is 403 Å². The van der Waals surface area contributed by atoms with Crippen LogP contribution in [0.5, 0.6) is 0 Å². The van der Waals surface area contributed by atoms with Gasteiger partial charge in [0.1, 0.15) is 0 Å². The minimum Gasteiger partial charge on any atom is -0.309 e. The first-order valence-corrected chi connectivity index (χ1v) is 24.0. The van der Waals surface area contributed by atoms with E-state index in [1.165, 1.54) is 122 Å². The summed E-state index contributed by atoms with van der Waals surface area (Å²) in [5.74, 6) is 0. The minimum atomic E-state index is -0.134. The van der Waals surface area contributed by atoms with E-state index in [1.54, 1.807) is 0 Å². The summed E-state index contributed by atoms with van der Waals surface area (Å²) in [5, 5.41) is 5.06. The van der Waals surface area contributed by atoms with Crippen molar-refractivity contribution in [2.24, 2.45) is 0 Å². The predicted octanol–water partition coefficient (Wildman–Crippen LogP) is 17.9. The Kier molecular flexibility index (Phi) is 9.55. The van der Waals surface area contributed by atoms with E-state index in [9.17, 15) is 0 Å². The van der Waals surface area contributed by atoms with Crippen molar-refractivity contribution < 1.29 is 0 Å². The molecule has 0 atom stereocenters. The number of nitrogens with zero attached hydrogens (tertiary/aromatic N) is 2. The molecule has 10 aromatic carbocycles. The molecule has 69 heavy (non-hydrogen) atoms. The van der Waals surface area contributed by atoms with Gasteiger partial charge in [0.2, 0.25) is 0 Å². The van der Waals surface area contributed by atoms with Crippen molar-refractivity contribution >= 4 is 67.9 Å². The van der Waals surface area contributed by atoms with Crippen LogP contribution in [0, 0.1) is 0 Å². The second-order valence-electron chi connectivity index (χ2n) is 19.0. The molecule has 0 spiro atoms. The summed E-state index contributed by atoms with van der Waals surface area (Å²) in [6, 6.07) is 84.3. The summed E-state index contributed by atoms with van der Waals surface area (Å²) in [4.78, 5) is 0. The number of benzene rings is 10. The highest BCUT2D eigenvalue weighted by molar-refractivity contribution is 6.11. The molecule has 0 bridgehead atoms. The van der Waals surface area contributed by atoms with Gasteiger partial charge in [-0.25, -0.2) is 0 Å². The van der Waals surface area contributed by atoms with E-state index in [-0.39, 0.29) is 5.41 Å². The fourth-order valence-electron chi connectivity index (χ4n) is 11.0. The van der Waals surface area contributed by atoms with Crippen molar-refractivity contribution in [3.63, 3.8) is 0 Å². The highest BCUT2D eigenvalue weighted by Crippen LogP contribution is 2.51. The maximum Gasteiger partial charge on any atom is 0.0541 e. The van der Waals surface area contributed by atoms with E-state index >= 15 is 0 Å². The number of hydrogen-bond acceptors (Lipinski definition) is 0. The van der Waals surface area contributed by atoms with Crippen molar-refractivity contribution in [2.75, 3.05) is 0 Å². The standard InChI is InChI=1S/C67H48N2/c1-67(2)61-43-51(49-31-25-45(26-32-49)21-23-47-29-39-65-59(41-47)57-17-9-11-19-63(57)68(65)53-13-5-3-6-14-53)35-37-55(61)56-38-36-52(44-62(56)67)50-33-27-46(28-34-50)22-24-48-30-40-66-60(42-48)58-18-10-12-20-64(58)69(66)54-15-7-4-8-16-54/h3-44H,1-2H3. The molecule has 0 radical (unpaired) electrons. The van der Waals surface area contributed by atoms with E-state index < -0.39 is 0 Å². The number of fused-ring (bicyclic) bond motifs is 9. The lowest BCUT2D eigenvalue weighted by Gasteiger charge is -2.22. The molecule has 0 unspecified atom stereocenters. The first-order chi connectivity index (χ1) is 33.9. The first-order valence-electron chi connectivity index (χ1n) is 24.0. The maximum atomic E-state index is 2.42. The molecule has 0 fully saturated rings. The number of aromatic nitrogens is 2. The molecule has 2 aromatic heterocycles. The van der Waals surface area contributed by atoms with Gasteiger partial charge in [-0.3, -0.25) is 0 Å². The van der Waals surface area contributed by atoms with E-state index in [0.29, 0.717) is 0 Å². The average Bonchev–Trinajstić information content (AvgIpc) is 4.00. The Morgan fingerprint density at radius 2 is 0.638 bits per heavy atom. The van der Waals surface area contributed by atoms with Crippen LogP contribution in [0.25, 0.3) is 113 Å². The highest BCUT2D eigenvalue weighted by Gasteiger charge is 2.36. The van der Waals surface area contributed by atoms with E-state index in [4.69, 9.17) is 0 Å². The predicted molar refractivity (Wildman–Crippen MR) is 294 cm³/mol. The van der Waals surface area contributed by atoms with Crippen LogP contribution in [-0.2, 0) is 5.41 Å². The zero-order valence-corrected chi connectivity index (χ0v) is 38.6. The lowest BCUT2D eigenvalue weighted by Crippen LogP contribution is -2.15. The van der Waals surface area contributed by atoms with Crippen LogP contribution in [-0.4, -0.2) is 9.13 Å². The Bertz CT molecular complexity index is 3730. The molecule has 326 valence electrons. The molecule has 1 aliphatic carbocycles. The zero-order valence-electron chi connectivity index (χ0n) is 38.6. The van der Waals surface area contributed by atoms with Crippen LogP contribution in [0.2, 0.25) is 0 Å². The summed E-state index contributed by atoms with van der Waals surface area (Å²) >= 11 is 0. The summed E-state index contributed by atoms with van der Waals surface area (Å²) in [7, 11) is 0. The number of rotatable bonds is 8. The third-order valence-electron chi connectivity index (χ3n) is 14.5. The van der Waals surface area contributed by atoms with Crippen LogP contribution < -0.4 is 0 Å². The number of para-hydroxylation sites is 4. The summed E-state index contributed by atoms with van der Waals surface area (Å²) in [6.45, 7) is 4.75. The molecular formula is C67H48N2. The highest BCUT2D eigenvalue weighted by atomic mass is 15.0. The van der Waals surface area contributed by atoms with E-state index in [2.05, 4.69) is 278 Å². The molecule has 13 rings (SSSR count). The van der Waals surface area contributed by atoms with Gasteiger partial charge in [-0.2, -0.15) is 0 Å². The number of hydrogen-bond donors (Lipinski definition) is 0. The molecule has 2 nitrogen and oxygen atoms in total. The molecule has 2 heterocycles. The zero-order chi connectivity index (χ0) is 46.1. The van der Waals surface area contributed by atoms with E-state index in [1.807, 2.05) is 0 Å². The van der Waals surface area contributed by atoms with Crippen molar-refractivity contribution in [2.45, 2.75) is 19.3 Å². The van der Waals surface area contributed by atoms with Crippen LogP contribution in [0.15, 0.2) is 231 Å². The fourth-order valence-corrected chi connectivity index (χ4v) is 11.0. The third kappa shape index (κ3) is 6.95. The van der Waals surface area contributed by atoms with Crippen molar-refractivity contribution in [3.8, 4) is 44.8 Å². The Balaban J connectivity index is 0.719. The lowest BCUT2D eigenvalue weighted by molar-refractivity contribution is 0.661. The van der Waals surface area contributed by atoms with Crippen LogP contribution in [0.1, 0.15) is 47.2 Å². The van der Waals surface area contributed by atoms with Crippen molar-refractivity contribution in [3.05, 3.63) is 264 Å². The van der Waals surface area contributed by atoms with Crippen molar-refractivity contribution in [1.29, 1.82) is 0 Å². The summed E-state index contributed by atoms with van der Waals surface area (Å²) < 4.78 is 4.72. The maximum absolute atomic E-state index is 2.42. The molecule has 12 aromatic rings. The van der Waals surface area contributed by atoms with Gasteiger partial charge in [0.25, 0.3) is 0 Å². The molecule has 0 amide bonds. The van der Waals surface area contributed by atoms with Gasteiger partial charge in [-0.05, 0) is 140 Å². The van der Waals surface area contributed by atoms with Crippen LogP contribution in [0.3, 0.4) is 0 Å². The van der Waals surface area contributed by atoms with Crippen LogP contribution >= 0.6 is 0 Å². The second-order valence-corrected chi connectivity index (χ2v) is 19.0.